The Morgan fingerprint density at radius 3 is 2.20 bits per heavy atom. The molecule has 4 bridgehead atoms. The molecule has 7 heteroatoms. The van der Waals surface area contributed by atoms with Crippen molar-refractivity contribution >= 4 is 17.7 Å². The molecular weight excluding hydrogens is 380 g/mol. The van der Waals surface area contributed by atoms with Crippen LogP contribution >= 0.6 is 0 Å². The van der Waals surface area contributed by atoms with Gasteiger partial charge in [0.25, 0.3) is 0 Å². The van der Waals surface area contributed by atoms with Crippen LogP contribution in [-0.4, -0.2) is 48.4 Å². The van der Waals surface area contributed by atoms with Crippen LogP contribution in [0.15, 0.2) is 0 Å². The van der Waals surface area contributed by atoms with Crippen LogP contribution in [0.1, 0.15) is 71.6 Å². The fourth-order valence-corrected chi connectivity index (χ4v) is 6.78. The van der Waals surface area contributed by atoms with Crippen LogP contribution in [0.5, 0.6) is 0 Å². The number of amides is 3. The van der Waals surface area contributed by atoms with E-state index in [1.165, 1.54) is 19.3 Å². The molecule has 1 aliphatic heterocycles. The predicted molar refractivity (Wildman–Crippen MR) is 114 cm³/mol. The highest BCUT2D eigenvalue weighted by Crippen LogP contribution is 2.55. The maximum absolute atomic E-state index is 12.8. The molecule has 0 spiro atoms. The van der Waals surface area contributed by atoms with Crippen molar-refractivity contribution in [1.29, 1.82) is 0 Å². The highest BCUT2D eigenvalue weighted by Gasteiger charge is 2.51. The van der Waals surface area contributed by atoms with E-state index in [1.807, 2.05) is 13.8 Å². The van der Waals surface area contributed by atoms with E-state index in [1.54, 1.807) is 0 Å². The van der Waals surface area contributed by atoms with E-state index in [4.69, 9.17) is 0 Å². The summed E-state index contributed by atoms with van der Waals surface area (Å²) in [5.41, 5.74) is -0.0454. The van der Waals surface area contributed by atoms with Crippen molar-refractivity contribution in [1.82, 2.24) is 21.3 Å². The second-order valence-corrected chi connectivity index (χ2v) is 10.8. The molecule has 30 heavy (non-hydrogen) atoms. The zero-order chi connectivity index (χ0) is 21.3. The summed E-state index contributed by atoms with van der Waals surface area (Å²) in [7, 11) is 0. The number of hydrogen-bond acceptors (Lipinski definition) is 4. The van der Waals surface area contributed by atoms with E-state index in [-0.39, 0.29) is 41.8 Å². The van der Waals surface area contributed by atoms with Gasteiger partial charge >= 0.3 is 0 Å². The van der Waals surface area contributed by atoms with Crippen molar-refractivity contribution in [3.8, 4) is 0 Å². The van der Waals surface area contributed by atoms with E-state index in [2.05, 4.69) is 21.3 Å². The molecule has 1 heterocycles. The molecule has 168 valence electrons. The summed E-state index contributed by atoms with van der Waals surface area (Å²) < 4.78 is 0. The Bertz CT molecular complexity index is 636. The molecule has 0 aromatic heterocycles. The Morgan fingerprint density at radius 2 is 1.67 bits per heavy atom. The Morgan fingerprint density at radius 1 is 1.03 bits per heavy atom. The molecule has 1 saturated heterocycles. The van der Waals surface area contributed by atoms with Gasteiger partial charge in [-0.1, -0.05) is 13.8 Å². The third kappa shape index (κ3) is 4.98. The summed E-state index contributed by atoms with van der Waals surface area (Å²) in [5, 5.41) is 12.1. The average Bonchev–Trinajstić information content (AvgIpc) is 3.18. The average molecular weight is 419 g/mol. The first kappa shape index (κ1) is 21.6. The van der Waals surface area contributed by atoms with Crippen molar-refractivity contribution in [2.45, 2.75) is 89.3 Å². The standard InChI is InChI=1S/C23H38N4O3/c1-14(2)6-19(26-22(30)18-4-3-5-24-18)21(29)25-13-20(28)27-23-10-15-7-16(11-23)9-17(8-15)12-23/h14-19,24H,3-13H2,1-2H3,(H,25,29)(H,26,30)(H,27,28)/t15?,16?,17?,18-,19-,23?/m0/s1. The summed E-state index contributed by atoms with van der Waals surface area (Å²) in [4.78, 5) is 37.9. The molecule has 0 aromatic rings. The van der Waals surface area contributed by atoms with Crippen molar-refractivity contribution in [2.75, 3.05) is 13.1 Å². The van der Waals surface area contributed by atoms with Crippen LogP contribution in [0, 0.1) is 23.7 Å². The molecule has 0 radical (unpaired) electrons. The van der Waals surface area contributed by atoms with E-state index in [0.717, 1.165) is 56.4 Å². The first-order valence-corrected chi connectivity index (χ1v) is 11.9. The van der Waals surface area contributed by atoms with Crippen molar-refractivity contribution in [3.63, 3.8) is 0 Å². The minimum atomic E-state index is -0.604. The lowest BCUT2D eigenvalue weighted by molar-refractivity contribution is -0.132. The molecule has 0 aromatic carbocycles. The van der Waals surface area contributed by atoms with Gasteiger partial charge < -0.3 is 21.3 Å². The van der Waals surface area contributed by atoms with Crippen LogP contribution in [0.2, 0.25) is 0 Å². The van der Waals surface area contributed by atoms with Crippen LogP contribution in [0.25, 0.3) is 0 Å². The minimum Gasteiger partial charge on any atom is -0.349 e. The van der Waals surface area contributed by atoms with Crippen LogP contribution in [0.3, 0.4) is 0 Å². The van der Waals surface area contributed by atoms with E-state index >= 15 is 0 Å². The molecule has 5 aliphatic rings. The fourth-order valence-electron chi connectivity index (χ4n) is 6.78. The summed E-state index contributed by atoms with van der Waals surface area (Å²) in [6.07, 6.45) is 9.62. The Hall–Kier alpha value is -1.63. The molecule has 5 rings (SSSR count). The van der Waals surface area contributed by atoms with Gasteiger partial charge in [-0.25, -0.2) is 0 Å². The maximum atomic E-state index is 12.8. The monoisotopic (exact) mass is 418 g/mol. The number of nitrogens with one attached hydrogen (secondary N) is 4. The predicted octanol–water partition coefficient (Wildman–Crippen LogP) is 1.47. The van der Waals surface area contributed by atoms with Gasteiger partial charge in [-0.3, -0.25) is 14.4 Å². The van der Waals surface area contributed by atoms with E-state index in [9.17, 15) is 14.4 Å². The maximum Gasteiger partial charge on any atom is 0.243 e. The fraction of sp³-hybridized carbons (Fsp3) is 0.870. The Kier molecular flexibility index (Phi) is 6.37. The lowest BCUT2D eigenvalue weighted by Gasteiger charge is -2.56. The molecule has 3 amide bonds. The lowest BCUT2D eigenvalue weighted by atomic mass is 9.53. The molecule has 4 aliphatic carbocycles. The van der Waals surface area contributed by atoms with Gasteiger partial charge in [-0.2, -0.15) is 0 Å². The normalized spacial score (nSPS) is 35.3. The second kappa shape index (κ2) is 8.85. The van der Waals surface area contributed by atoms with Crippen molar-refractivity contribution in [3.05, 3.63) is 0 Å². The van der Waals surface area contributed by atoms with Gasteiger partial charge in [0.15, 0.2) is 0 Å². The third-order valence-corrected chi connectivity index (χ3v) is 7.58. The molecule has 2 atom stereocenters. The lowest BCUT2D eigenvalue weighted by Crippen LogP contribution is -2.61. The number of carbonyl (C=O) groups is 3. The zero-order valence-electron chi connectivity index (χ0n) is 18.5. The molecular formula is C23H38N4O3. The van der Waals surface area contributed by atoms with Crippen LogP contribution in [-0.2, 0) is 14.4 Å². The Labute approximate surface area is 179 Å². The largest absolute Gasteiger partial charge is 0.349 e. The summed E-state index contributed by atoms with van der Waals surface area (Å²) in [5.74, 6) is 2.07. The third-order valence-electron chi connectivity index (χ3n) is 7.58. The molecule has 5 fully saturated rings. The quantitative estimate of drug-likeness (QED) is 0.480. The SMILES string of the molecule is CC(C)C[C@H](NC(=O)[C@@H]1CCCN1)C(=O)NCC(=O)NC12CC3CC(CC(C3)C1)C2. The molecule has 4 saturated carbocycles. The van der Waals surface area contributed by atoms with Gasteiger partial charge in [0.2, 0.25) is 17.7 Å². The second-order valence-electron chi connectivity index (χ2n) is 10.8. The molecule has 0 unspecified atom stereocenters. The summed E-state index contributed by atoms with van der Waals surface area (Å²) >= 11 is 0. The zero-order valence-corrected chi connectivity index (χ0v) is 18.5. The van der Waals surface area contributed by atoms with Gasteiger partial charge in [-0.15, -0.1) is 0 Å². The number of hydrogen-bond donors (Lipinski definition) is 4. The highest BCUT2D eigenvalue weighted by atomic mass is 16.2. The first-order chi connectivity index (χ1) is 14.3. The van der Waals surface area contributed by atoms with E-state index < -0.39 is 6.04 Å². The summed E-state index contributed by atoms with van der Waals surface area (Å²) in [6.45, 7) is 4.87. The summed E-state index contributed by atoms with van der Waals surface area (Å²) in [6, 6.07) is -0.820. The number of rotatable bonds is 8. The highest BCUT2D eigenvalue weighted by molar-refractivity contribution is 5.92. The first-order valence-electron chi connectivity index (χ1n) is 11.9. The van der Waals surface area contributed by atoms with Crippen molar-refractivity contribution in [2.24, 2.45) is 23.7 Å². The number of carbonyl (C=O) groups excluding carboxylic acids is 3. The van der Waals surface area contributed by atoms with E-state index in [0.29, 0.717) is 6.42 Å². The van der Waals surface area contributed by atoms with Crippen LogP contribution < -0.4 is 21.3 Å². The van der Waals surface area contributed by atoms with Crippen LogP contribution in [0.4, 0.5) is 0 Å². The topological polar surface area (TPSA) is 99.3 Å². The Balaban J connectivity index is 1.28. The minimum absolute atomic E-state index is 0.0211. The molecule has 4 N–H and O–H groups in total. The van der Waals surface area contributed by atoms with Gasteiger partial charge in [0, 0.05) is 5.54 Å². The molecule has 7 nitrogen and oxygen atoms in total. The van der Waals surface area contributed by atoms with Gasteiger partial charge in [0.05, 0.1) is 12.6 Å². The van der Waals surface area contributed by atoms with Gasteiger partial charge in [0.1, 0.15) is 6.04 Å². The van der Waals surface area contributed by atoms with Gasteiger partial charge in [-0.05, 0) is 88.0 Å². The van der Waals surface area contributed by atoms with Crippen molar-refractivity contribution < 1.29 is 14.4 Å². The smallest absolute Gasteiger partial charge is 0.243 e.